The third kappa shape index (κ3) is 8.97. The van der Waals surface area contributed by atoms with Crippen molar-refractivity contribution in [2.24, 2.45) is 23.7 Å². The summed E-state index contributed by atoms with van der Waals surface area (Å²) in [6.07, 6.45) is 17.0. The van der Waals surface area contributed by atoms with Gasteiger partial charge in [-0.2, -0.15) is 0 Å². The molecule has 43 heavy (non-hydrogen) atoms. The average molecular weight is 587 g/mol. The highest BCUT2D eigenvalue weighted by molar-refractivity contribution is 5.76. The van der Waals surface area contributed by atoms with Crippen LogP contribution in [0.1, 0.15) is 113 Å². The van der Waals surface area contributed by atoms with E-state index >= 15 is 0 Å². The minimum absolute atomic E-state index is 0.0621. The van der Waals surface area contributed by atoms with E-state index in [1.54, 1.807) is 10.5 Å². The summed E-state index contributed by atoms with van der Waals surface area (Å²) in [5.41, 5.74) is 6.73. The van der Waals surface area contributed by atoms with Gasteiger partial charge in [0, 0.05) is 49.0 Å². The lowest BCUT2D eigenvalue weighted by Crippen LogP contribution is -2.32. The monoisotopic (exact) mass is 586 g/mol. The maximum atomic E-state index is 13.4. The largest absolute Gasteiger partial charge is 0.370 e. The molecule has 1 aliphatic heterocycles. The van der Waals surface area contributed by atoms with Crippen molar-refractivity contribution in [1.82, 2.24) is 14.3 Å². The second-order valence-corrected chi connectivity index (χ2v) is 13.1. The molecule has 2 aromatic heterocycles. The van der Waals surface area contributed by atoms with Crippen LogP contribution in [0.4, 0.5) is 5.69 Å². The average Bonchev–Trinajstić information content (AvgIpc) is 2.99. The molecule has 0 aromatic carbocycles. The lowest BCUT2D eigenvalue weighted by molar-refractivity contribution is 0.346. The SMILES string of the molecule is C=C1C(CC)=CC(c2cc(=O)n3cc(N(CCC)C[C@H](C)C(C)CC)ccc3n2)=CN1/C=C(/C)C(C)CC.CC1CCC1. The summed E-state index contributed by atoms with van der Waals surface area (Å²) in [5.74, 6) is 2.79. The van der Waals surface area contributed by atoms with Crippen molar-refractivity contribution in [2.75, 3.05) is 18.0 Å². The van der Waals surface area contributed by atoms with Gasteiger partial charge < -0.3 is 9.80 Å². The van der Waals surface area contributed by atoms with Crippen LogP contribution in [-0.2, 0) is 0 Å². The zero-order valence-electron chi connectivity index (χ0n) is 28.6. The predicted octanol–water partition coefficient (Wildman–Crippen LogP) is 9.86. The molecular weight excluding hydrogens is 528 g/mol. The van der Waals surface area contributed by atoms with Crippen molar-refractivity contribution >= 4 is 16.9 Å². The van der Waals surface area contributed by atoms with Crippen LogP contribution < -0.4 is 10.5 Å². The van der Waals surface area contributed by atoms with E-state index < -0.39 is 0 Å². The van der Waals surface area contributed by atoms with E-state index in [0.29, 0.717) is 29.1 Å². The standard InChI is InChI=1S/C33H48N4O.C5H10/c1-10-16-35(19-25(7)23(5)11-2)30-14-15-32-34-31(18-33(38)37(32)22-30)29-17-28(13-4)27(9)36(21-29)20-26(8)24(6)12-3;1-5-3-2-4-5/h14-15,17-18,20-25H,9-13,16,19H2,1-8H3;5H,2-4H2,1H3/b26-20-;/t23?,24?,25-;/m0./s1. The molecule has 1 aliphatic carbocycles. The molecule has 5 nitrogen and oxygen atoms in total. The van der Waals surface area contributed by atoms with Gasteiger partial charge in [-0.3, -0.25) is 9.20 Å². The summed E-state index contributed by atoms with van der Waals surface area (Å²) >= 11 is 0. The van der Waals surface area contributed by atoms with Gasteiger partial charge in [0.2, 0.25) is 0 Å². The van der Waals surface area contributed by atoms with Crippen LogP contribution in [0.15, 0.2) is 71.1 Å². The maximum absolute atomic E-state index is 13.4. The topological polar surface area (TPSA) is 40.9 Å². The Balaban J connectivity index is 0.000000915. The fourth-order valence-corrected chi connectivity index (χ4v) is 5.50. The molecule has 0 amide bonds. The van der Waals surface area contributed by atoms with Gasteiger partial charge in [-0.15, -0.1) is 0 Å². The molecule has 0 N–H and O–H groups in total. The molecule has 3 atom stereocenters. The van der Waals surface area contributed by atoms with Crippen LogP contribution >= 0.6 is 0 Å². The third-order valence-electron chi connectivity index (χ3n) is 9.72. The van der Waals surface area contributed by atoms with Crippen LogP contribution in [0, 0.1) is 23.7 Å². The maximum Gasteiger partial charge on any atom is 0.258 e. The Morgan fingerprint density at radius 3 is 2.37 bits per heavy atom. The Hall–Kier alpha value is -3.08. The molecule has 4 rings (SSSR count). The molecule has 1 fully saturated rings. The summed E-state index contributed by atoms with van der Waals surface area (Å²) in [6, 6.07) is 5.75. The van der Waals surface area contributed by atoms with Gasteiger partial charge in [0.1, 0.15) is 5.65 Å². The highest BCUT2D eigenvalue weighted by atomic mass is 16.1. The molecule has 5 heteroatoms. The van der Waals surface area contributed by atoms with E-state index in [2.05, 4.69) is 103 Å². The first-order valence-electron chi connectivity index (χ1n) is 16.9. The second-order valence-electron chi connectivity index (χ2n) is 13.1. The second kappa shape index (κ2) is 16.1. The number of hydrogen-bond acceptors (Lipinski definition) is 4. The molecule has 2 unspecified atom stereocenters. The summed E-state index contributed by atoms with van der Waals surface area (Å²) in [4.78, 5) is 22.8. The summed E-state index contributed by atoms with van der Waals surface area (Å²) in [6.45, 7) is 26.4. The fourth-order valence-electron chi connectivity index (χ4n) is 5.50. The van der Waals surface area contributed by atoms with E-state index in [-0.39, 0.29) is 5.56 Å². The Kier molecular flexibility index (Phi) is 12.9. The van der Waals surface area contributed by atoms with E-state index in [1.807, 2.05) is 12.3 Å². The lowest BCUT2D eigenvalue weighted by Gasteiger charge is -2.30. The van der Waals surface area contributed by atoms with Gasteiger partial charge in [0.25, 0.3) is 5.56 Å². The minimum atomic E-state index is -0.0621. The summed E-state index contributed by atoms with van der Waals surface area (Å²) < 4.78 is 1.69. The Morgan fingerprint density at radius 2 is 1.81 bits per heavy atom. The predicted molar refractivity (Wildman–Crippen MR) is 186 cm³/mol. The van der Waals surface area contributed by atoms with Gasteiger partial charge in [-0.05, 0) is 73.6 Å². The van der Waals surface area contributed by atoms with Crippen molar-refractivity contribution in [3.63, 3.8) is 0 Å². The number of fused-ring (bicyclic) bond motifs is 1. The number of allylic oxidation sites excluding steroid dienone is 4. The number of hydrogen-bond donors (Lipinski definition) is 0. The van der Waals surface area contributed by atoms with Crippen molar-refractivity contribution in [3.05, 3.63) is 82.3 Å². The Labute approximate surface area is 262 Å². The van der Waals surface area contributed by atoms with Crippen molar-refractivity contribution in [1.29, 1.82) is 0 Å². The quantitative estimate of drug-likeness (QED) is 0.248. The van der Waals surface area contributed by atoms with Gasteiger partial charge in [-0.1, -0.05) is 93.2 Å². The molecule has 0 radical (unpaired) electrons. The van der Waals surface area contributed by atoms with Gasteiger partial charge in [0.15, 0.2) is 0 Å². The first-order chi connectivity index (χ1) is 20.5. The number of nitrogens with zero attached hydrogens (tertiary/aromatic N) is 4. The zero-order valence-corrected chi connectivity index (χ0v) is 28.6. The molecule has 2 aromatic rings. The number of pyridine rings is 1. The Morgan fingerprint density at radius 1 is 1.12 bits per heavy atom. The zero-order chi connectivity index (χ0) is 31.7. The molecular formula is C38H58N4O. The van der Waals surface area contributed by atoms with Crippen LogP contribution in [0.25, 0.3) is 11.2 Å². The molecule has 2 aliphatic rings. The normalized spacial score (nSPS) is 17.8. The first kappa shape index (κ1) is 34.4. The number of aromatic nitrogens is 2. The molecule has 3 heterocycles. The van der Waals surface area contributed by atoms with Crippen LogP contribution in [0.5, 0.6) is 0 Å². The highest BCUT2D eigenvalue weighted by Crippen LogP contribution is 2.31. The van der Waals surface area contributed by atoms with Crippen molar-refractivity contribution < 1.29 is 0 Å². The van der Waals surface area contributed by atoms with Crippen LogP contribution in [-0.4, -0.2) is 27.4 Å². The highest BCUT2D eigenvalue weighted by Gasteiger charge is 2.19. The summed E-state index contributed by atoms with van der Waals surface area (Å²) in [5, 5.41) is 0. The van der Waals surface area contributed by atoms with Crippen molar-refractivity contribution in [2.45, 2.75) is 107 Å². The molecule has 0 bridgehead atoms. The summed E-state index contributed by atoms with van der Waals surface area (Å²) in [7, 11) is 0. The van der Waals surface area contributed by atoms with E-state index in [0.717, 1.165) is 60.8 Å². The molecule has 0 spiro atoms. The van der Waals surface area contributed by atoms with Gasteiger partial charge >= 0.3 is 0 Å². The van der Waals surface area contributed by atoms with Crippen LogP contribution in [0.3, 0.4) is 0 Å². The number of rotatable bonds is 12. The minimum Gasteiger partial charge on any atom is -0.370 e. The first-order valence-corrected chi connectivity index (χ1v) is 16.9. The van der Waals surface area contributed by atoms with E-state index in [9.17, 15) is 4.79 Å². The smallest absolute Gasteiger partial charge is 0.258 e. The van der Waals surface area contributed by atoms with E-state index in [4.69, 9.17) is 4.98 Å². The molecule has 236 valence electrons. The number of anilines is 1. The lowest BCUT2D eigenvalue weighted by atomic mass is 9.88. The Bertz CT molecular complexity index is 1380. The van der Waals surface area contributed by atoms with Gasteiger partial charge in [-0.25, -0.2) is 4.98 Å². The van der Waals surface area contributed by atoms with Crippen LogP contribution in [0.2, 0.25) is 0 Å². The van der Waals surface area contributed by atoms with E-state index in [1.165, 1.54) is 31.3 Å². The van der Waals surface area contributed by atoms with Gasteiger partial charge in [0.05, 0.1) is 11.4 Å². The molecule has 1 saturated carbocycles. The molecule has 0 saturated heterocycles. The van der Waals surface area contributed by atoms with Crippen molar-refractivity contribution in [3.8, 4) is 0 Å². The fraction of sp³-hybridized carbons (Fsp3) is 0.579. The third-order valence-corrected chi connectivity index (χ3v) is 9.72.